The van der Waals surface area contributed by atoms with Gasteiger partial charge in [-0.3, -0.25) is 4.79 Å². The maximum absolute atomic E-state index is 10.5. The van der Waals surface area contributed by atoms with Crippen molar-refractivity contribution in [2.45, 2.75) is 70.3 Å². The van der Waals surface area contributed by atoms with Crippen LogP contribution in [0.5, 0.6) is 0 Å². The molecule has 0 atom stereocenters. The Bertz CT molecular complexity index is 600. The van der Waals surface area contributed by atoms with Crippen molar-refractivity contribution >= 4 is 5.97 Å². The van der Waals surface area contributed by atoms with Gasteiger partial charge >= 0.3 is 5.97 Å². The highest BCUT2D eigenvalue weighted by Gasteiger charge is 2.13. The molecule has 28 heavy (non-hydrogen) atoms. The maximum atomic E-state index is 10.5. The highest BCUT2D eigenvalue weighted by Crippen LogP contribution is 2.26. The number of rotatable bonds is 15. The lowest BCUT2D eigenvalue weighted by Crippen LogP contribution is -2.07. The number of hydrogen-bond acceptors (Lipinski definition) is 2. The Morgan fingerprint density at radius 1 is 0.679 bits per heavy atom. The summed E-state index contributed by atoms with van der Waals surface area (Å²) in [4.78, 5) is 10.5. The van der Waals surface area contributed by atoms with Gasteiger partial charge in [0.2, 0.25) is 0 Å². The van der Waals surface area contributed by atoms with Gasteiger partial charge < -0.3 is 9.84 Å². The van der Waals surface area contributed by atoms with Gasteiger partial charge in [0.1, 0.15) is 6.10 Å². The average Bonchev–Trinajstić information content (AvgIpc) is 2.72. The normalized spacial score (nSPS) is 11.0. The summed E-state index contributed by atoms with van der Waals surface area (Å²) in [5.41, 5.74) is 2.41. The van der Waals surface area contributed by atoms with Gasteiger partial charge in [-0.1, -0.05) is 106 Å². The minimum Gasteiger partial charge on any atom is -0.481 e. The molecule has 0 unspecified atom stereocenters. The van der Waals surface area contributed by atoms with E-state index in [2.05, 4.69) is 48.5 Å². The second kappa shape index (κ2) is 14.0. The Balaban J connectivity index is 1.57. The Kier molecular flexibility index (Phi) is 11.0. The van der Waals surface area contributed by atoms with Crippen LogP contribution in [0.2, 0.25) is 0 Å². The topological polar surface area (TPSA) is 46.5 Å². The van der Waals surface area contributed by atoms with Crippen molar-refractivity contribution < 1.29 is 14.6 Å². The molecule has 2 rings (SSSR count). The summed E-state index contributed by atoms with van der Waals surface area (Å²) >= 11 is 0. The lowest BCUT2D eigenvalue weighted by Gasteiger charge is -2.19. The molecular weight excluding hydrogens is 348 g/mol. The van der Waals surface area contributed by atoms with E-state index in [1.54, 1.807) is 0 Å². The first-order valence-electron chi connectivity index (χ1n) is 10.7. The van der Waals surface area contributed by atoms with Crippen LogP contribution in [0.25, 0.3) is 0 Å². The first kappa shape index (κ1) is 22.2. The van der Waals surface area contributed by atoms with Gasteiger partial charge in [-0.25, -0.2) is 0 Å². The first-order valence-corrected chi connectivity index (χ1v) is 10.7. The summed E-state index contributed by atoms with van der Waals surface area (Å²) in [6.45, 7) is 0.781. The molecule has 3 nitrogen and oxygen atoms in total. The number of carbonyl (C=O) groups is 1. The third-order valence-electron chi connectivity index (χ3n) is 5.02. The zero-order valence-corrected chi connectivity index (χ0v) is 16.9. The van der Waals surface area contributed by atoms with Crippen molar-refractivity contribution in [2.24, 2.45) is 0 Å². The molecule has 0 bridgehead atoms. The Morgan fingerprint density at radius 3 is 1.57 bits per heavy atom. The van der Waals surface area contributed by atoms with Crippen LogP contribution < -0.4 is 0 Å². The van der Waals surface area contributed by atoms with Gasteiger partial charge in [-0.15, -0.1) is 0 Å². The Hall–Kier alpha value is -2.13. The van der Waals surface area contributed by atoms with Crippen LogP contribution in [0.1, 0.15) is 81.4 Å². The molecule has 0 radical (unpaired) electrons. The van der Waals surface area contributed by atoms with E-state index in [1.165, 1.54) is 43.2 Å². The molecular formula is C25H34O3. The van der Waals surface area contributed by atoms with E-state index in [0.29, 0.717) is 6.42 Å². The summed E-state index contributed by atoms with van der Waals surface area (Å²) in [6, 6.07) is 20.9. The highest BCUT2D eigenvalue weighted by molar-refractivity contribution is 5.66. The van der Waals surface area contributed by atoms with Crippen molar-refractivity contribution in [3.05, 3.63) is 71.8 Å². The molecule has 0 saturated heterocycles. The molecule has 0 fully saturated rings. The van der Waals surface area contributed by atoms with Crippen LogP contribution in [0, 0.1) is 0 Å². The van der Waals surface area contributed by atoms with Crippen molar-refractivity contribution in [1.82, 2.24) is 0 Å². The fourth-order valence-electron chi connectivity index (χ4n) is 3.46. The fraction of sp³-hybridized carbons (Fsp3) is 0.480. The monoisotopic (exact) mass is 382 g/mol. The van der Waals surface area contributed by atoms with E-state index in [9.17, 15) is 4.79 Å². The Labute approximate surface area is 169 Å². The van der Waals surface area contributed by atoms with Crippen LogP contribution in [0.15, 0.2) is 60.7 Å². The van der Waals surface area contributed by atoms with Crippen LogP contribution in [0.3, 0.4) is 0 Å². The predicted octanol–water partition coefficient (Wildman–Crippen LogP) is 6.78. The first-order chi connectivity index (χ1) is 13.8. The number of unbranched alkanes of at least 4 members (excludes halogenated alkanes) is 8. The fourth-order valence-corrected chi connectivity index (χ4v) is 3.46. The van der Waals surface area contributed by atoms with E-state index in [-0.39, 0.29) is 6.10 Å². The van der Waals surface area contributed by atoms with E-state index >= 15 is 0 Å². The standard InChI is InChI=1S/C25H34O3/c26-24(27)20-14-6-4-2-1-3-5-7-15-21-28-25(22-16-10-8-11-17-22)23-18-12-9-13-19-23/h8-13,16-19,25H,1-7,14-15,20-21H2,(H,26,27). The van der Waals surface area contributed by atoms with Gasteiger partial charge in [0.05, 0.1) is 0 Å². The zero-order valence-electron chi connectivity index (χ0n) is 16.9. The number of carboxylic acids is 1. The SMILES string of the molecule is O=C(O)CCCCCCCCCCCOC(c1ccccc1)c1ccccc1. The van der Waals surface area contributed by atoms with Crippen LogP contribution >= 0.6 is 0 Å². The zero-order chi connectivity index (χ0) is 19.9. The number of aliphatic carboxylic acids is 1. The Morgan fingerprint density at radius 2 is 1.11 bits per heavy atom. The van der Waals surface area contributed by atoms with Gasteiger partial charge in [0.25, 0.3) is 0 Å². The smallest absolute Gasteiger partial charge is 0.303 e. The van der Waals surface area contributed by atoms with Crippen molar-refractivity contribution in [3.63, 3.8) is 0 Å². The third kappa shape index (κ3) is 9.18. The summed E-state index contributed by atoms with van der Waals surface area (Å²) in [7, 11) is 0. The molecule has 3 heteroatoms. The molecule has 2 aromatic carbocycles. The summed E-state index contributed by atoms with van der Waals surface area (Å²) in [6.07, 6.45) is 10.6. The third-order valence-corrected chi connectivity index (χ3v) is 5.02. The van der Waals surface area contributed by atoms with E-state index in [0.717, 1.165) is 32.3 Å². The number of benzene rings is 2. The lowest BCUT2D eigenvalue weighted by atomic mass is 10.0. The quantitative estimate of drug-likeness (QED) is 0.345. The van der Waals surface area contributed by atoms with Crippen molar-refractivity contribution in [1.29, 1.82) is 0 Å². The second-order valence-corrected chi connectivity index (χ2v) is 7.40. The molecule has 2 aromatic rings. The largest absolute Gasteiger partial charge is 0.481 e. The van der Waals surface area contributed by atoms with Crippen LogP contribution in [-0.4, -0.2) is 17.7 Å². The predicted molar refractivity (Wildman–Crippen MR) is 114 cm³/mol. The summed E-state index contributed by atoms with van der Waals surface area (Å²) < 4.78 is 6.26. The minimum atomic E-state index is -0.677. The molecule has 1 N–H and O–H groups in total. The lowest BCUT2D eigenvalue weighted by molar-refractivity contribution is -0.137. The highest BCUT2D eigenvalue weighted by atomic mass is 16.5. The molecule has 0 heterocycles. The van der Waals surface area contributed by atoms with Crippen molar-refractivity contribution in [2.75, 3.05) is 6.61 Å². The number of hydrogen-bond donors (Lipinski definition) is 1. The molecule has 0 saturated carbocycles. The van der Waals surface area contributed by atoms with Crippen LogP contribution in [0.4, 0.5) is 0 Å². The average molecular weight is 383 g/mol. The molecule has 152 valence electrons. The summed E-state index contributed by atoms with van der Waals surface area (Å²) in [5.74, 6) is -0.677. The van der Waals surface area contributed by atoms with E-state index < -0.39 is 5.97 Å². The van der Waals surface area contributed by atoms with Gasteiger partial charge in [-0.2, -0.15) is 0 Å². The van der Waals surface area contributed by atoms with E-state index in [1.807, 2.05) is 12.1 Å². The second-order valence-electron chi connectivity index (χ2n) is 7.40. The molecule has 0 amide bonds. The van der Waals surface area contributed by atoms with Crippen LogP contribution in [-0.2, 0) is 9.53 Å². The van der Waals surface area contributed by atoms with E-state index in [4.69, 9.17) is 9.84 Å². The maximum Gasteiger partial charge on any atom is 0.303 e. The molecule has 0 aromatic heterocycles. The van der Waals surface area contributed by atoms with Gasteiger partial charge in [0, 0.05) is 13.0 Å². The van der Waals surface area contributed by atoms with Gasteiger partial charge in [0.15, 0.2) is 0 Å². The molecule has 0 aliphatic heterocycles. The van der Waals surface area contributed by atoms with Gasteiger partial charge in [-0.05, 0) is 24.0 Å². The molecule has 0 aliphatic rings. The minimum absolute atomic E-state index is 0.00759. The molecule has 0 spiro atoms. The number of ether oxygens (including phenoxy) is 1. The van der Waals surface area contributed by atoms with Crippen molar-refractivity contribution in [3.8, 4) is 0 Å². The summed E-state index contributed by atoms with van der Waals surface area (Å²) in [5, 5.41) is 8.61. The molecule has 0 aliphatic carbocycles. The number of carboxylic acid groups (broad SMARTS) is 1.